The fraction of sp³-hybridized carbons (Fsp3) is 0.125. The van der Waals surface area contributed by atoms with E-state index in [1.807, 2.05) is 36.4 Å². The van der Waals surface area contributed by atoms with Crippen LogP contribution >= 0.6 is 11.6 Å². The Kier molecular flexibility index (Phi) is 6.28. The largest absolute Gasteiger partial charge is 0.550 e. The standard InChI is InChI=1S/C24H19ClFN3O4/c1-33-16-8-6-14(7-9-16)13-29-21-5-3-2-4-17(21)23(28-29)24(32)27-20-12-19(26)15(10-18(20)25)11-22(30)31/h2-10,12H,11,13H2,1H3,(H,27,32)(H,30,31)/p-1. The van der Waals surface area contributed by atoms with Crippen LogP contribution in [0.5, 0.6) is 5.75 Å². The van der Waals surface area contributed by atoms with Gasteiger partial charge in [-0.15, -0.1) is 0 Å². The lowest BCUT2D eigenvalue weighted by atomic mass is 10.1. The van der Waals surface area contributed by atoms with Crippen LogP contribution in [0.25, 0.3) is 10.9 Å². The highest BCUT2D eigenvalue weighted by molar-refractivity contribution is 6.34. The van der Waals surface area contributed by atoms with Crippen molar-refractivity contribution in [1.29, 1.82) is 0 Å². The van der Waals surface area contributed by atoms with Gasteiger partial charge in [-0.1, -0.05) is 41.9 Å². The summed E-state index contributed by atoms with van der Waals surface area (Å²) in [6.07, 6.45) is -0.625. The number of aliphatic carboxylic acids is 1. The topological polar surface area (TPSA) is 96.3 Å². The second-order valence-corrected chi connectivity index (χ2v) is 7.71. The van der Waals surface area contributed by atoms with Crippen molar-refractivity contribution in [3.8, 4) is 5.75 Å². The zero-order valence-electron chi connectivity index (χ0n) is 17.5. The molecule has 4 aromatic rings. The van der Waals surface area contributed by atoms with Gasteiger partial charge in [0.2, 0.25) is 0 Å². The highest BCUT2D eigenvalue weighted by Gasteiger charge is 2.19. The van der Waals surface area contributed by atoms with Gasteiger partial charge in [0, 0.05) is 17.8 Å². The monoisotopic (exact) mass is 466 g/mol. The molecule has 0 fully saturated rings. The number of rotatable bonds is 7. The fourth-order valence-corrected chi connectivity index (χ4v) is 3.71. The number of carboxylic acids is 1. The van der Waals surface area contributed by atoms with Crippen LogP contribution in [-0.2, 0) is 17.8 Å². The number of carbonyl (C=O) groups is 2. The molecule has 0 saturated carbocycles. The average molecular weight is 467 g/mol. The molecule has 7 nitrogen and oxygen atoms in total. The molecule has 0 radical (unpaired) electrons. The first-order valence-electron chi connectivity index (χ1n) is 9.93. The third kappa shape index (κ3) is 4.80. The van der Waals surface area contributed by atoms with Crippen molar-refractivity contribution in [2.24, 2.45) is 0 Å². The van der Waals surface area contributed by atoms with E-state index in [1.165, 1.54) is 0 Å². The Morgan fingerprint density at radius 1 is 1.15 bits per heavy atom. The Bertz CT molecular complexity index is 1350. The van der Waals surface area contributed by atoms with Crippen molar-refractivity contribution in [3.63, 3.8) is 0 Å². The quantitative estimate of drug-likeness (QED) is 0.450. The molecular formula is C24H18ClFN3O4-. The van der Waals surface area contributed by atoms with E-state index in [1.54, 1.807) is 23.9 Å². The number of nitrogens with zero attached hydrogens (tertiary/aromatic N) is 2. The van der Waals surface area contributed by atoms with E-state index in [2.05, 4.69) is 10.4 Å². The molecule has 0 aliphatic rings. The van der Waals surface area contributed by atoms with Crippen LogP contribution in [-0.4, -0.2) is 28.8 Å². The summed E-state index contributed by atoms with van der Waals surface area (Å²) in [5.41, 5.74) is 1.74. The minimum atomic E-state index is -1.43. The van der Waals surface area contributed by atoms with Crippen molar-refractivity contribution in [1.82, 2.24) is 9.78 Å². The Balaban J connectivity index is 1.64. The van der Waals surface area contributed by atoms with E-state index < -0.39 is 24.1 Å². The summed E-state index contributed by atoms with van der Waals surface area (Å²) in [5.74, 6) is -2.09. The Hall–Kier alpha value is -3.91. The fourth-order valence-electron chi connectivity index (χ4n) is 3.48. The molecule has 1 amide bonds. The summed E-state index contributed by atoms with van der Waals surface area (Å²) in [6.45, 7) is 0.422. The number of para-hydroxylation sites is 1. The maximum Gasteiger partial charge on any atom is 0.276 e. The summed E-state index contributed by atoms with van der Waals surface area (Å²) >= 11 is 6.14. The van der Waals surface area contributed by atoms with Gasteiger partial charge >= 0.3 is 0 Å². The van der Waals surface area contributed by atoms with Gasteiger partial charge in [-0.05, 0) is 41.5 Å². The normalized spacial score (nSPS) is 10.9. The molecule has 0 unspecified atom stereocenters. The van der Waals surface area contributed by atoms with E-state index >= 15 is 0 Å². The van der Waals surface area contributed by atoms with Crippen LogP contribution in [0.3, 0.4) is 0 Å². The van der Waals surface area contributed by atoms with Crippen molar-refractivity contribution in [2.45, 2.75) is 13.0 Å². The average Bonchev–Trinajstić information content (AvgIpc) is 3.16. The molecular weight excluding hydrogens is 449 g/mol. The van der Waals surface area contributed by atoms with Crippen LogP contribution in [0.1, 0.15) is 21.6 Å². The van der Waals surface area contributed by atoms with Crippen molar-refractivity contribution >= 4 is 40.1 Å². The third-order valence-corrected chi connectivity index (χ3v) is 5.40. The lowest BCUT2D eigenvalue weighted by molar-refractivity contribution is -0.304. The minimum absolute atomic E-state index is 0.00275. The number of nitrogens with one attached hydrogen (secondary N) is 1. The molecule has 33 heavy (non-hydrogen) atoms. The van der Waals surface area contributed by atoms with Gasteiger partial charge in [0.25, 0.3) is 5.91 Å². The number of halogens is 2. The van der Waals surface area contributed by atoms with Gasteiger partial charge in [0.05, 0.1) is 29.9 Å². The number of anilines is 1. The summed E-state index contributed by atoms with van der Waals surface area (Å²) in [7, 11) is 1.59. The molecule has 0 aliphatic carbocycles. The molecule has 1 aromatic heterocycles. The zero-order chi connectivity index (χ0) is 23.5. The van der Waals surface area contributed by atoms with E-state index in [4.69, 9.17) is 16.3 Å². The number of carboxylic acid groups (broad SMARTS) is 1. The number of benzene rings is 3. The molecule has 168 valence electrons. The number of hydrogen-bond acceptors (Lipinski definition) is 5. The lowest BCUT2D eigenvalue weighted by Gasteiger charge is -2.10. The number of hydrogen-bond donors (Lipinski definition) is 1. The number of methoxy groups -OCH3 is 1. The van der Waals surface area contributed by atoms with Crippen molar-refractivity contribution in [2.75, 3.05) is 12.4 Å². The van der Waals surface area contributed by atoms with E-state index in [-0.39, 0.29) is 22.0 Å². The highest BCUT2D eigenvalue weighted by Crippen LogP contribution is 2.28. The summed E-state index contributed by atoms with van der Waals surface area (Å²) < 4.78 is 21.2. The van der Waals surface area contributed by atoms with Gasteiger partial charge < -0.3 is 20.0 Å². The van der Waals surface area contributed by atoms with Gasteiger partial charge in [0.15, 0.2) is 5.69 Å². The van der Waals surface area contributed by atoms with Crippen LogP contribution in [0.15, 0.2) is 60.7 Å². The highest BCUT2D eigenvalue weighted by atomic mass is 35.5. The first-order chi connectivity index (χ1) is 15.9. The van der Waals surface area contributed by atoms with Gasteiger partial charge in [-0.25, -0.2) is 4.39 Å². The summed E-state index contributed by atoms with van der Waals surface area (Å²) in [6, 6.07) is 16.9. The molecule has 0 spiro atoms. The van der Waals surface area contributed by atoms with Gasteiger partial charge in [-0.2, -0.15) is 5.10 Å². The Labute approximate surface area is 193 Å². The number of amides is 1. The lowest BCUT2D eigenvalue weighted by Crippen LogP contribution is -2.25. The van der Waals surface area contributed by atoms with Crippen LogP contribution in [0, 0.1) is 5.82 Å². The molecule has 1 heterocycles. The van der Waals surface area contributed by atoms with E-state index in [9.17, 15) is 19.1 Å². The van der Waals surface area contributed by atoms with Crippen LogP contribution in [0.2, 0.25) is 5.02 Å². The number of ether oxygens (including phenoxy) is 1. The predicted octanol–water partition coefficient (Wildman–Crippen LogP) is 3.43. The molecule has 0 aliphatic heterocycles. The second-order valence-electron chi connectivity index (χ2n) is 7.30. The van der Waals surface area contributed by atoms with Crippen LogP contribution < -0.4 is 15.2 Å². The number of aromatic nitrogens is 2. The van der Waals surface area contributed by atoms with E-state index in [0.717, 1.165) is 29.0 Å². The first kappa shape index (κ1) is 22.3. The van der Waals surface area contributed by atoms with Crippen LogP contribution in [0.4, 0.5) is 10.1 Å². The molecule has 4 rings (SSSR count). The molecule has 1 N–H and O–H groups in total. The predicted molar refractivity (Wildman–Crippen MR) is 120 cm³/mol. The number of fused-ring (bicyclic) bond motifs is 1. The van der Waals surface area contributed by atoms with E-state index in [0.29, 0.717) is 11.9 Å². The molecule has 0 bridgehead atoms. The molecule has 0 atom stereocenters. The Morgan fingerprint density at radius 3 is 2.58 bits per heavy atom. The van der Waals surface area contributed by atoms with Gasteiger partial charge in [-0.3, -0.25) is 9.48 Å². The maximum absolute atomic E-state index is 14.3. The second kappa shape index (κ2) is 9.30. The van der Waals surface area contributed by atoms with Gasteiger partial charge in [0.1, 0.15) is 11.6 Å². The summed E-state index contributed by atoms with van der Waals surface area (Å²) in [5, 5.41) is 18.4. The third-order valence-electron chi connectivity index (χ3n) is 5.08. The molecule has 9 heteroatoms. The first-order valence-corrected chi connectivity index (χ1v) is 10.3. The SMILES string of the molecule is COc1ccc(Cn2nc(C(=O)Nc3cc(F)c(CC(=O)[O-])cc3Cl)c3ccccc32)cc1. The smallest absolute Gasteiger partial charge is 0.276 e. The van der Waals surface area contributed by atoms with Crippen molar-refractivity contribution in [3.05, 3.63) is 88.3 Å². The number of carbonyl (C=O) groups excluding carboxylic acids is 2. The minimum Gasteiger partial charge on any atom is -0.550 e. The molecule has 3 aromatic carbocycles. The van der Waals surface area contributed by atoms with Crippen molar-refractivity contribution < 1.29 is 23.8 Å². The summed E-state index contributed by atoms with van der Waals surface area (Å²) in [4.78, 5) is 23.8. The zero-order valence-corrected chi connectivity index (χ0v) is 18.2. The Morgan fingerprint density at radius 2 is 1.88 bits per heavy atom. The maximum atomic E-state index is 14.3. The molecule has 0 saturated heterocycles.